The molecule has 3 heterocycles. The van der Waals surface area contributed by atoms with Crippen LogP contribution in [0.2, 0.25) is 5.02 Å². The molecule has 0 radical (unpaired) electrons. The molecular weight excluding hydrogens is 536 g/mol. The van der Waals surface area contributed by atoms with Crippen molar-refractivity contribution in [2.24, 2.45) is 0 Å². The highest BCUT2D eigenvalue weighted by atomic mass is 127. The molecule has 0 amide bonds. The average Bonchev–Trinajstić information content (AvgIpc) is 3.17. The number of hydrogen-bond donors (Lipinski definition) is 1. The predicted molar refractivity (Wildman–Crippen MR) is 111 cm³/mol. The zero-order valence-corrected chi connectivity index (χ0v) is 18.0. The van der Waals surface area contributed by atoms with Crippen LogP contribution < -0.4 is 5.32 Å². The molecule has 1 aromatic carbocycles. The van der Waals surface area contributed by atoms with Gasteiger partial charge in [-0.15, -0.1) is 0 Å². The number of aromatic nitrogens is 7. The molecule has 0 aliphatic carbocycles. The summed E-state index contributed by atoms with van der Waals surface area (Å²) in [6.45, 7) is 1.77. The Bertz CT molecular complexity index is 1230. The predicted octanol–water partition coefficient (Wildman–Crippen LogP) is 4.45. The van der Waals surface area contributed by atoms with Gasteiger partial charge in [0.25, 0.3) is 0 Å². The van der Waals surface area contributed by atoms with Gasteiger partial charge in [0.05, 0.1) is 17.1 Å². The highest BCUT2D eigenvalue weighted by Gasteiger charge is 2.34. The number of benzene rings is 1. The minimum absolute atomic E-state index is 0.0703. The topological polar surface area (TPSA) is 94.3 Å². The van der Waals surface area contributed by atoms with Crippen molar-refractivity contribution in [3.05, 3.63) is 57.3 Å². The number of fused-ring (bicyclic) bond motifs is 1. The van der Waals surface area contributed by atoms with Crippen molar-refractivity contribution in [1.29, 1.82) is 0 Å². The van der Waals surface area contributed by atoms with E-state index in [0.29, 0.717) is 11.6 Å². The van der Waals surface area contributed by atoms with Gasteiger partial charge in [-0.25, -0.2) is 24.9 Å². The van der Waals surface area contributed by atoms with Gasteiger partial charge >= 0.3 is 6.18 Å². The van der Waals surface area contributed by atoms with Crippen LogP contribution >= 0.6 is 34.2 Å². The zero-order valence-electron chi connectivity index (χ0n) is 15.1. The van der Waals surface area contributed by atoms with E-state index in [9.17, 15) is 13.2 Å². The smallest absolute Gasteiger partial charge is 0.360 e. The molecule has 1 atom stereocenters. The summed E-state index contributed by atoms with van der Waals surface area (Å²) < 4.78 is 42.5. The summed E-state index contributed by atoms with van der Waals surface area (Å²) in [6.07, 6.45) is -0.777. The fraction of sp³-hybridized carbons (Fsp3) is 0.176. The first kappa shape index (κ1) is 20.7. The summed E-state index contributed by atoms with van der Waals surface area (Å²) in [4.78, 5) is 20.4. The molecule has 154 valence electrons. The Morgan fingerprint density at radius 2 is 1.80 bits per heavy atom. The standard InChI is InChI=1S/C17H11ClF3IN8/c1-8(16-27-7-28-30(16)13-4-12(22)23-5-24-13)29-15-10-2-9(18)3-11(17(19,20)21)14(10)25-6-26-15/h2-8H,1H3,(H,25,26,29)/t8-/m0/s1. The second kappa shape index (κ2) is 7.91. The van der Waals surface area contributed by atoms with E-state index in [2.05, 4.69) is 57.9 Å². The molecule has 0 unspecified atom stereocenters. The molecule has 0 saturated heterocycles. The van der Waals surface area contributed by atoms with Gasteiger partial charge in [-0.3, -0.25) is 0 Å². The lowest BCUT2D eigenvalue weighted by Gasteiger charge is -2.17. The summed E-state index contributed by atoms with van der Waals surface area (Å²) in [5.74, 6) is 1.17. The zero-order chi connectivity index (χ0) is 21.5. The van der Waals surface area contributed by atoms with Gasteiger partial charge in [0.2, 0.25) is 0 Å². The summed E-state index contributed by atoms with van der Waals surface area (Å²) >= 11 is 7.98. The van der Waals surface area contributed by atoms with Crippen LogP contribution in [-0.4, -0.2) is 34.7 Å². The third kappa shape index (κ3) is 4.01. The lowest BCUT2D eigenvalue weighted by Crippen LogP contribution is -2.16. The fourth-order valence-corrected chi connectivity index (χ4v) is 3.52. The maximum Gasteiger partial charge on any atom is 0.418 e. The second-order valence-electron chi connectivity index (χ2n) is 6.16. The molecule has 0 aliphatic rings. The summed E-state index contributed by atoms with van der Waals surface area (Å²) in [5, 5.41) is 7.33. The van der Waals surface area contributed by atoms with Crippen LogP contribution in [0.3, 0.4) is 0 Å². The number of nitrogens with one attached hydrogen (secondary N) is 1. The van der Waals surface area contributed by atoms with Gasteiger partial charge in [0.15, 0.2) is 11.6 Å². The molecule has 30 heavy (non-hydrogen) atoms. The highest BCUT2D eigenvalue weighted by Crippen LogP contribution is 2.38. The van der Waals surface area contributed by atoms with Crippen LogP contribution in [0.25, 0.3) is 16.7 Å². The first-order valence-electron chi connectivity index (χ1n) is 8.40. The lowest BCUT2D eigenvalue weighted by molar-refractivity contribution is -0.136. The number of nitrogens with zero attached hydrogens (tertiary/aromatic N) is 7. The maximum absolute atomic E-state index is 13.4. The van der Waals surface area contributed by atoms with Gasteiger partial charge in [0, 0.05) is 16.5 Å². The monoisotopic (exact) mass is 546 g/mol. The van der Waals surface area contributed by atoms with Crippen molar-refractivity contribution in [2.75, 3.05) is 5.32 Å². The van der Waals surface area contributed by atoms with Gasteiger partial charge in [-0.2, -0.15) is 23.0 Å². The SMILES string of the molecule is C[C@H](Nc1ncnc2c(C(F)(F)F)cc(Cl)cc12)c1ncnn1-c1cc(I)ncn1. The Labute approximate surface area is 186 Å². The quantitative estimate of drug-likeness (QED) is 0.299. The van der Waals surface area contributed by atoms with Crippen molar-refractivity contribution >= 4 is 50.9 Å². The van der Waals surface area contributed by atoms with Crippen LogP contribution in [-0.2, 0) is 6.18 Å². The fourth-order valence-electron chi connectivity index (χ4n) is 2.90. The molecule has 0 bridgehead atoms. The van der Waals surface area contributed by atoms with E-state index in [1.165, 1.54) is 23.4 Å². The third-order valence-corrected chi connectivity index (χ3v) is 4.97. The van der Waals surface area contributed by atoms with Crippen molar-refractivity contribution in [2.45, 2.75) is 19.1 Å². The summed E-state index contributed by atoms with van der Waals surface area (Å²) in [5.41, 5.74) is -1.18. The average molecular weight is 547 g/mol. The number of hydrogen-bond acceptors (Lipinski definition) is 7. The Morgan fingerprint density at radius 3 is 2.53 bits per heavy atom. The number of alkyl halides is 3. The van der Waals surface area contributed by atoms with Crippen molar-refractivity contribution in [1.82, 2.24) is 34.7 Å². The lowest BCUT2D eigenvalue weighted by atomic mass is 10.1. The van der Waals surface area contributed by atoms with E-state index < -0.39 is 17.8 Å². The molecule has 13 heteroatoms. The van der Waals surface area contributed by atoms with Gasteiger partial charge in [-0.1, -0.05) is 11.6 Å². The van der Waals surface area contributed by atoms with E-state index in [1.54, 1.807) is 13.0 Å². The van der Waals surface area contributed by atoms with Gasteiger partial charge < -0.3 is 5.32 Å². The van der Waals surface area contributed by atoms with Gasteiger partial charge in [0.1, 0.15) is 28.5 Å². The number of anilines is 1. The Morgan fingerprint density at radius 1 is 1.03 bits per heavy atom. The van der Waals surface area contributed by atoms with E-state index >= 15 is 0 Å². The van der Waals surface area contributed by atoms with Crippen LogP contribution in [0.5, 0.6) is 0 Å². The van der Waals surface area contributed by atoms with Crippen LogP contribution in [0.4, 0.5) is 19.0 Å². The Balaban J connectivity index is 1.74. The summed E-state index contributed by atoms with van der Waals surface area (Å²) in [6, 6.07) is 3.48. The van der Waals surface area contributed by atoms with E-state index in [4.69, 9.17) is 11.6 Å². The van der Waals surface area contributed by atoms with E-state index in [0.717, 1.165) is 16.1 Å². The molecule has 0 spiro atoms. The molecule has 3 aromatic heterocycles. The number of halogens is 5. The normalized spacial score (nSPS) is 12.9. The minimum Gasteiger partial charge on any atom is -0.360 e. The van der Waals surface area contributed by atoms with Crippen molar-refractivity contribution < 1.29 is 13.2 Å². The second-order valence-corrected chi connectivity index (χ2v) is 7.71. The molecule has 4 aromatic rings. The first-order valence-corrected chi connectivity index (χ1v) is 9.85. The van der Waals surface area contributed by atoms with E-state index in [1.807, 2.05) is 0 Å². The van der Waals surface area contributed by atoms with Crippen LogP contribution in [0.15, 0.2) is 37.2 Å². The summed E-state index contributed by atoms with van der Waals surface area (Å²) in [7, 11) is 0. The number of rotatable bonds is 4. The van der Waals surface area contributed by atoms with Crippen LogP contribution in [0.1, 0.15) is 24.4 Å². The Hall–Kier alpha value is -2.61. The van der Waals surface area contributed by atoms with Crippen molar-refractivity contribution in [3.63, 3.8) is 0 Å². The highest BCUT2D eigenvalue weighted by molar-refractivity contribution is 14.1. The third-order valence-electron chi connectivity index (χ3n) is 4.16. The van der Waals surface area contributed by atoms with Crippen molar-refractivity contribution in [3.8, 4) is 5.82 Å². The molecule has 4 rings (SSSR count). The molecule has 1 N–H and O–H groups in total. The maximum atomic E-state index is 13.4. The van der Waals surface area contributed by atoms with Gasteiger partial charge in [-0.05, 0) is 41.6 Å². The Kier molecular flexibility index (Phi) is 5.44. The molecular formula is C17H11ClF3IN8. The molecule has 0 aliphatic heterocycles. The minimum atomic E-state index is -4.61. The molecule has 0 saturated carbocycles. The molecule has 0 fully saturated rings. The largest absolute Gasteiger partial charge is 0.418 e. The van der Waals surface area contributed by atoms with Crippen LogP contribution in [0, 0.1) is 3.70 Å². The van der Waals surface area contributed by atoms with E-state index in [-0.39, 0.29) is 21.7 Å². The molecule has 8 nitrogen and oxygen atoms in total. The first-order chi connectivity index (χ1) is 14.2.